The maximum Gasteiger partial charge on any atom is 0.235 e. The molecule has 14 rings (SSSR count). The molecule has 4 aromatic heterocycles. The third-order valence-corrected chi connectivity index (χ3v) is 14.2. The smallest absolute Gasteiger partial charge is 0.235 e. The molecule has 0 amide bonds. The first-order chi connectivity index (χ1) is 32.7. The van der Waals surface area contributed by atoms with Gasteiger partial charge in [0.25, 0.3) is 0 Å². The molecule has 7 heteroatoms. The highest BCUT2D eigenvalue weighted by Crippen LogP contribution is 2.48. The molecule has 6 nitrogen and oxygen atoms in total. The zero-order chi connectivity index (χ0) is 43.3. The van der Waals surface area contributed by atoms with E-state index in [1.54, 1.807) is 0 Å². The maximum atomic E-state index is 5.67. The maximum absolute atomic E-state index is 5.67. The lowest BCUT2D eigenvalue weighted by molar-refractivity contribution is 1.02. The van der Waals surface area contributed by atoms with Crippen molar-refractivity contribution in [1.29, 1.82) is 0 Å². The van der Waals surface area contributed by atoms with Crippen LogP contribution < -0.4 is 0 Å². The summed E-state index contributed by atoms with van der Waals surface area (Å²) in [6.07, 6.45) is 0. The normalized spacial score (nSPS) is 11.9. The van der Waals surface area contributed by atoms with E-state index in [9.17, 15) is 0 Å². The topological polar surface area (TPSA) is 69.4 Å². The predicted molar refractivity (Wildman–Crippen MR) is 274 cm³/mol. The molecule has 4 heterocycles. The second-order valence-electron chi connectivity index (χ2n) is 16.8. The average Bonchev–Trinajstić information content (AvgIpc) is 3.95. The molecule has 0 radical (unpaired) electrons. The minimum absolute atomic E-state index is 0.627. The van der Waals surface area contributed by atoms with Crippen molar-refractivity contribution in [2.24, 2.45) is 0 Å². The van der Waals surface area contributed by atoms with Gasteiger partial charge in [-0.15, -0.1) is 11.3 Å². The summed E-state index contributed by atoms with van der Waals surface area (Å²) in [7, 11) is 0. The van der Waals surface area contributed by atoms with E-state index in [-0.39, 0.29) is 0 Å². The molecule has 14 aromatic rings. The summed E-state index contributed by atoms with van der Waals surface area (Å²) >= 11 is 1.81. The van der Waals surface area contributed by atoms with Gasteiger partial charge in [0.1, 0.15) is 0 Å². The molecular formula is C59H34N6S. The van der Waals surface area contributed by atoms with Crippen molar-refractivity contribution in [3.8, 4) is 51.4 Å². The second-order valence-corrected chi connectivity index (χ2v) is 17.8. The van der Waals surface area contributed by atoms with Crippen LogP contribution in [-0.4, -0.2) is 29.5 Å². The number of hydrogen-bond acceptors (Lipinski definition) is 6. The van der Waals surface area contributed by atoms with Gasteiger partial charge in [0.15, 0.2) is 17.5 Å². The van der Waals surface area contributed by atoms with Gasteiger partial charge < -0.3 is 0 Å². The van der Waals surface area contributed by atoms with Gasteiger partial charge in [0.2, 0.25) is 5.95 Å². The van der Waals surface area contributed by atoms with Crippen LogP contribution in [0.5, 0.6) is 0 Å². The van der Waals surface area contributed by atoms with E-state index in [1.165, 1.54) is 41.7 Å². The zero-order valence-electron chi connectivity index (χ0n) is 35.2. The SMILES string of the molecule is c1ccc(-c2nc(-c3ccccc3)nc(-c3ccc4sc5c(c4c3)c3ccccc3c3c4ccccc4n(-c4nc(-c6ccc7ccccc7c6)c6c(ccc7ccccc76)n4)c53)n2)cc1. The molecule has 0 aliphatic rings. The van der Waals surface area contributed by atoms with Gasteiger partial charge >= 0.3 is 0 Å². The minimum Gasteiger partial charge on any atom is -0.276 e. The molecule has 0 aliphatic heterocycles. The van der Waals surface area contributed by atoms with Gasteiger partial charge in [0.05, 0.1) is 26.9 Å². The third kappa shape index (κ3) is 5.63. The number of para-hydroxylation sites is 1. The van der Waals surface area contributed by atoms with Crippen molar-refractivity contribution in [2.75, 3.05) is 0 Å². The molecule has 0 saturated heterocycles. The summed E-state index contributed by atoms with van der Waals surface area (Å²) in [4.78, 5) is 26.4. The largest absolute Gasteiger partial charge is 0.276 e. The Morgan fingerprint density at radius 3 is 1.67 bits per heavy atom. The fourth-order valence-corrected chi connectivity index (χ4v) is 11.2. The van der Waals surface area contributed by atoms with Gasteiger partial charge in [-0.3, -0.25) is 4.57 Å². The molecule has 0 N–H and O–H groups in total. The van der Waals surface area contributed by atoms with E-state index in [1.807, 2.05) is 72.0 Å². The molecule has 0 bridgehead atoms. The van der Waals surface area contributed by atoms with Crippen LogP contribution in [0.2, 0.25) is 0 Å². The number of fused-ring (bicyclic) bond motifs is 14. The average molecular weight is 859 g/mol. The van der Waals surface area contributed by atoms with E-state index in [0.29, 0.717) is 23.4 Å². The van der Waals surface area contributed by atoms with Crippen LogP contribution in [0.1, 0.15) is 0 Å². The van der Waals surface area contributed by atoms with Gasteiger partial charge in [-0.1, -0.05) is 170 Å². The van der Waals surface area contributed by atoms with Crippen LogP contribution in [0.25, 0.3) is 137 Å². The molecule has 66 heavy (non-hydrogen) atoms. The second kappa shape index (κ2) is 14.4. The fraction of sp³-hybridized carbons (Fsp3) is 0. The van der Waals surface area contributed by atoms with Crippen molar-refractivity contribution in [3.63, 3.8) is 0 Å². The lowest BCUT2D eigenvalue weighted by atomic mass is 9.98. The van der Waals surface area contributed by atoms with E-state index in [4.69, 9.17) is 24.9 Å². The van der Waals surface area contributed by atoms with Crippen LogP contribution in [0.4, 0.5) is 0 Å². The highest BCUT2D eigenvalue weighted by atomic mass is 32.1. The Morgan fingerprint density at radius 1 is 0.348 bits per heavy atom. The quantitative estimate of drug-likeness (QED) is 0.161. The molecule has 306 valence electrons. The third-order valence-electron chi connectivity index (χ3n) is 13.0. The number of hydrogen-bond donors (Lipinski definition) is 0. The standard InChI is InChI=1S/C59H34N6S/c1-3-17-37(18-4-1)56-62-57(38-19-5-2-6-20-38)64-58(63-56)41-30-32-49-46(34-41)51-44-24-12-11-23-43(44)50-45-25-13-14-26-48(45)65(54(50)55(51)66-49)59-60-47-31-29-36-16-9-10-22-42(36)52(47)53(61-59)40-28-27-35-15-7-8-21-39(35)33-40/h1-34H. The first-order valence-electron chi connectivity index (χ1n) is 22.1. The van der Waals surface area contributed by atoms with Gasteiger partial charge in [-0.25, -0.2) is 24.9 Å². The Morgan fingerprint density at radius 2 is 0.924 bits per heavy atom. The van der Waals surface area contributed by atoms with Crippen molar-refractivity contribution < 1.29 is 0 Å². The Labute approximate surface area is 381 Å². The van der Waals surface area contributed by atoms with Crippen molar-refractivity contribution in [2.45, 2.75) is 0 Å². The van der Waals surface area contributed by atoms with Crippen molar-refractivity contribution in [3.05, 3.63) is 206 Å². The number of thiophene rings is 1. The first kappa shape index (κ1) is 36.8. The van der Waals surface area contributed by atoms with Crippen molar-refractivity contribution in [1.82, 2.24) is 29.5 Å². The molecule has 0 fully saturated rings. The monoisotopic (exact) mass is 858 g/mol. The summed E-state index contributed by atoms with van der Waals surface area (Å²) in [5.74, 6) is 2.53. The predicted octanol–water partition coefficient (Wildman–Crippen LogP) is 15.4. The van der Waals surface area contributed by atoms with E-state index >= 15 is 0 Å². The minimum atomic E-state index is 0.627. The summed E-state index contributed by atoms with van der Waals surface area (Å²) in [6, 6.07) is 72.6. The highest BCUT2D eigenvalue weighted by molar-refractivity contribution is 7.27. The van der Waals surface area contributed by atoms with Crippen LogP contribution >= 0.6 is 11.3 Å². The highest BCUT2D eigenvalue weighted by Gasteiger charge is 2.25. The van der Waals surface area contributed by atoms with E-state index in [2.05, 4.69) is 150 Å². The molecule has 0 unspecified atom stereocenters. The van der Waals surface area contributed by atoms with Gasteiger partial charge in [-0.05, 0) is 68.7 Å². The first-order valence-corrected chi connectivity index (χ1v) is 22.9. The Balaban J connectivity index is 1.07. The number of aromatic nitrogens is 6. The number of rotatable bonds is 5. The van der Waals surface area contributed by atoms with Gasteiger partial charge in [0, 0.05) is 53.9 Å². The Kier molecular flexibility index (Phi) is 8.05. The summed E-state index contributed by atoms with van der Waals surface area (Å²) in [6.45, 7) is 0. The Bertz CT molecular complexity index is 4230. The van der Waals surface area contributed by atoms with E-state index in [0.717, 1.165) is 71.4 Å². The van der Waals surface area contributed by atoms with Crippen LogP contribution in [0, 0.1) is 0 Å². The lowest BCUT2D eigenvalue weighted by Crippen LogP contribution is -2.04. The molecule has 0 aliphatic carbocycles. The molecular weight excluding hydrogens is 825 g/mol. The number of nitrogens with zero attached hydrogens (tertiary/aromatic N) is 6. The summed E-state index contributed by atoms with van der Waals surface area (Å²) in [5, 5.41) is 12.7. The lowest BCUT2D eigenvalue weighted by Gasteiger charge is -2.14. The Hall–Kier alpha value is -8.65. The fourth-order valence-electron chi connectivity index (χ4n) is 10.00. The summed E-state index contributed by atoms with van der Waals surface area (Å²) in [5.41, 5.74) is 7.80. The molecule has 10 aromatic carbocycles. The molecule has 0 saturated carbocycles. The van der Waals surface area contributed by atoms with E-state index < -0.39 is 0 Å². The molecule has 0 atom stereocenters. The zero-order valence-corrected chi connectivity index (χ0v) is 36.0. The van der Waals surface area contributed by atoms with Crippen LogP contribution in [0.3, 0.4) is 0 Å². The summed E-state index contributed by atoms with van der Waals surface area (Å²) < 4.78 is 4.66. The van der Waals surface area contributed by atoms with Crippen LogP contribution in [-0.2, 0) is 0 Å². The van der Waals surface area contributed by atoms with Crippen LogP contribution in [0.15, 0.2) is 206 Å². The van der Waals surface area contributed by atoms with Gasteiger partial charge in [-0.2, -0.15) is 0 Å². The molecule has 0 spiro atoms. The van der Waals surface area contributed by atoms with Crippen molar-refractivity contribution >= 4 is 96.5 Å². The number of benzene rings is 10.